The molecule has 0 aliphatic heterocycles. The van der Waals surface area contributed by atoms with Crippen molar-refractivity contribution in [2.75, 3.05) is 11.9 Å². The highest BCUT2D eigenvalue weighted by molar-refractivity contribution is 6.04. The molecule has 2 aromatic rings. The summed E-state index contributed by atoms with van der Waals surface area (Å²) in [6, 6.07) is 9.61. The normalized spacial score (nSPS) is 9.86. The van der Waals surface area contributed by atoms with Crippen molar-refractivity contribution in [3.63, 3.8) is 0 Å². The summed E-state index contributed by atoms with van der Waals surface area (Å²) in [5.74, 6) is -1.29. The number of Topliss-reactive ketones (excluding diaryl/α,β-unsaturated/α-hetero) is 1. The maximum Gasteiger partial charge on any atom is 0.338 e. The van der Waals surface area contributed by atoms with E-state index in [2.05, 4.69) is 10.3 Å². The molecule has 6 heteroatoms. The number of anilines is 1. The summed E-state index contributed by atoms with van der Waals surface area (Å²) in [7, 11) is 0. The second-order valence-electron chi connectivity index (χ2n) is 4.46. The van der Waals surface area contributed by atoms with Gasteiger partial charge in [0.25, 0.3) is 5.91 Å². The van der Waals surface area contributed by atoms with E-state index >= 15 is 0 Å². The van der Waals surface area contributed by atoms with Crippen molar-refractivity contribution in [3.05, 3.63) is 59.9 Å². The van der Waals surface area contributed by atoms with Crippen molar-refractivity contribution in [1.29, 1.82) is 0 Å². The molecule has 0 saturated heterocycles. The molecule has 1 aromatic carbocycles. The fourth-order valence-electron chi connectivity index (χ4n) is 1.79. The van der Waals surface area contributed by atoms with E-state index in [9.17, 15) is 14.4 Å². The van der Waals surface area contributed by atoms with Crippen molar-refractivity contribution >= 4 is 23.3 Å². The minimum atomic E-state index is -0.614. The Labute approximate surface area is 127 Å². The summed E-state index contributed by atoms with van der Waals surface area (Å²) in [6.45, 7) is 0.974. The summed E-state index contributed by atoms with van der Waals surface area (Å²) >= 11 is 0. The van der Waals surface area contributed by atoms with Gasteiger partial charge in [-0.25, -0.2) is 4.79 Å². The van der Waals surface area contributed by atoms with Gasteiger partial charge in [-0.05, 0) is 31.2 Å². The zero-order valence-electron chi connectivity index (χ0n) is 11.9. The van der Waals surface area contributed by atoms with Crippen LogP contribution in [0.1, 0.15) is 27.6 Å². The number of benzene rings is 1. The number of amides is 1. The van der Waals surface area contributed by atoms with Crippen LogP contribution < -0.4 is 5.32 Å². The van der Waals surface area contributed by atoms with Gasteiger partial charge in [-0.15, -0.1) is 0 Å². The van der Waals surface area contributed by atoms with Gasteiger partial charge < -0.3 is 10.1 Å². The lowest BCUT2D eigenvalue weighted by atomic mass is 10.1. The molecule has 0 unspecified atom stereocenters. The number of aromatic nitrogens is 1. The predicted molar refractivity (Wildman–Crippen MR) is 79.6 cm³/mol. The number of nitrogens with one attached hydrogen (secondary N) is 1. The Balaban J connectivity index is 1.94. The Hall–Kier alpha value is -3.02. The first kappa shape index (κ1) is 15.4. The van der Waals surface area contributed by atoms with E-state index in [1.165, 1.54) is 31.5 Å². The Morgan fingerprint density at radius 3 is 2.45 bits per heavy atom. The third-order valence-corrected chi connectivity index (χ3v) is 2.83. The second kappa shape index (κ2) is 7.12. The average molecular weight is 298 g/mol. The van der Waals surface area contributed by atoms with Crippen LogP contribution in [0.25, 0.3) is 0 Å². The van der Waals surface area contributed by atoms with E-state index in [-0.39, 0.29) is 5.78 Å². The fraction of sp³-hybridized carbons (Fsp3) is 0.125. The quantitative estimate of drug-likeness (QED) is 0.674. The Morgan fingerprint density at radius 1 is 1.09 bits per heavy atom. The second-order valence-corrected chi connectivity index (χ2v) is 4.46. The summed E-state index contributed by atoms with van der Waals surface area (Å²) < 4.78 is 4.90. The minimum Gasteiger partial charge on any atom is -0.452 e. The molecular formula is C16H14N2O4. The van der Waals surface area contributed by atoms with Gasteiger partial charge in [0.15, 0.2) is 12.4 Å². The molecule has 0 atom stereocenters. The highest BCUT2D eigenvalue weighted by Crippen LogP contribution is 2.15. The average Bonchev–Trinajstić information content (AvgIpc) is 2.53. The van der Waals surface area contributed by atoms with Crippen molar-refractivity contribution in [3.8, 4) is 0 Å². The molecule has 6 nitrogen and oxygen atoms in total. The molecule has 22 heavy (non-hydrogen) atoms. The van der Waals surface area contributed by atoms with E-state index in [0.717, 1.165) is 0 Å². The molecule has 0 saturated carbocycles. The first-order valence-corrected chi connectivity index (χ1v) is 6.55. The lowest BCUT2D eigenvalue weighted by molar-refractivity contribution is -0.119. The van der Waals surface area contributed by atoms with E-state index in [1.54, 1.807) is 24.3 Å². The maximum atomic E-state index is 11.8. The van der Waals surface area contributed by atoms with Crippen molar-refractivity contribution in [2.24, 2.45) is 0 Å². The standard InChI is InChI=1S/C16H14N2O4/c1-11(19)13-4-2-3-5-14(13)18-15(20)10-22-16(21)12-6-8-17-9-7-12/h2-9H,10H2,1H3,(H,18,20). The van der Waals surface area contributed by atoms with E-state index in [1.807, 2.05) is 0 Å². The molecule has 0 spiro atoms. The molecule has 0 fully saturated rings. The number of pyridine rings is 1. The Morgan fingerprint density at radius 2 is 1.77 bits per heavy atom. The third kappa shape index (κ3) is 3.99. The smallest absolute Gasteiger partial charge is 0.338 e. The van der Waals surface area contributed by atoms with Gasteiger partial charge in [-0.3, -0.25) is 14.6 Å². The monoisotopic (exact) mass is 298 g/mol. The van der Waals surface area contributed by atoms with Crippen LogP contribution in [0.4, 0.5) is 5.69 Å². The topological polar surface area (TPSA) is 85.4 Å². The molecule has 112 valence electrons. The van der Waals surface area contributed by atoms with E-state index in [0.29, 0.717) is 16.8 Å². The fourth-order valence-corrected chi connectivity index (χ4v) is 1.79. The molecule has 1 N–H and O–H groups in total. The summed E-state index contributed by atoms with van der Waals surface area (Å²) in [5, 5.41) is 2.55. The van der Waals surface area contributed by atoms with Crippen LogP contribution in [-0.4, -0.2) is 29.3 Å². The van der Waals surface area contributed by atoms with E-state index < -0.39 is 18.5 Å². The summed E-state index contributed by atoms with van der Waals surface area (Å²) in [6.07, 6.45) is 2.92. The van der Waals surface area contributed by atoms with Gasteiger partial charge in [0.1, 0.15) is 0 Å². The van der Waals surface area contributed by atoms with Gasteiger partial charge >= 0.3 is 5.97 Å². The van der Waals surface area contributed by atoms with Crippen LogP contribution in [0.5, 0.6) is 0 Å². The van der Waals surface area contributed by atoms with Crippen LogP contribution in [0.2, 0.25) is 0 Å². The maximum absolute atomic E-state index is 11.8. The number of rotatable bonds is 5. The lowest BCUT2D eigenvalue weighted by Crippen LogP contribution is -2.22. The summed E-state index contributed by atoms with van der Waals surface area (Å²) in [5.41, 5.74) is 1.10. The van der Waals surface area contributed by atoms with Crippen LogP contribution >= 0.6 is 0 Å². The highest BCUT2D eigenvalue weighted by Gasteiger charge is 2.12. The van der Waals surface area contributed by atoms with Crippen LogP contribution in [-0.2, 0) is 9.53 Å². The molecule has 0 aliphatic carbocycles. The number of ether oxygens (including phenoxy) is 1. The SMILES string of the molecule is CC(=O)c1ccccc1NC(=O)COC(=O)c1ccncc1. The number of nitrogens with zero attached hydrogens (tertiary/aromatic N) is 1. The number of carbonyl (C=O) groups excluding carboxylic acids is 3. The number of para-hydroxylation sites is 1. The van der Waals surface area contributed by atoms with Gasteiger partial charge in [-0.2, -0.15) is 0 Å². The number of carbonyl (C=O) groups is 3. The number of esters is 1. The number of hydrogen-bond donors (Lipinski definition) is 1. The molecule has 2 rings (SSSR count). The van der Waals surface area contributed by atoms with E-state index in [4.69, 9.17) is 4.74 Å². The zero-order chi connectivity index (χ0) is 15.9. The molecule has 1 aromatic heterocycles. The first-order valence-electron chi connectivity index (χ1n) is 6.55. The molecular weight excluding hydrogens is 284 g/mol. The summed E-state index contributed by atoms with van der Waals surface area (Å²) in [4.78, 5) is 38.7. The van der Waals surface area contributed by atoms with Crippen molar-refractivity contribution in [2.45, 2.75) is 6.92 Å². The highest BCUT2D eigenvalue weighted by atomic mass is 16.5. The van der Waals surface area contributed by atoms with Crippen molar-refractivity contribution < 1.29 is 19.1 Å². The first-order chi connectivity index (χ1) is 10.6. The number of hydrogen-bond acceptors (Lipinski definition) is 5. The molecule has 1 heterocycles. The van der Waals surface area contributed by atoms with Crippen molar-refractivity contribution in [1.82, 2.24) is 4.98 Å². The predicted octanol–water partition coefficient (Wildman–Crippen LogP) is 2.08. The van der Waals surface area contributed by atoms with Gasteiger partial charge in [0.2, 0.25) is 0 Å². The lowest BCUT2D eigenvalue weighted by Gasteiger charge is -2.09. The molecule has 0 bridgehead atoms. The zero-order valence-corrected chi connectivity index (χ0v) is 11.9. The van der Waals surface area contributed by atoms with Gasteiger partial charge in [0.05, 0.1) is 11.3 Å². The van der Waals surface area contributed by atoms with Crippen LogP contribution in [0.3, 0.4) is 0 Å². The van der Waals surface area contributed by atoms with Gasteiger partial charge in [0, 0.05) is 18.0 Å². The largest absolute Gasteiger partial charge is 0.452 e. The molecule has 1 amide bonds. The third-order valence-electron chi connectivity index (χ3n) is 2.83. The minimum absolute atomic E-state index is 0.162. The van der Waals surface area contributed by atoms with Crippen LogP contribution in [0, 0.1) is 0 Å². The molecule has 0 radical (unpaired) electrons. The molecule has 0 aliphatic rings. The number of ketones is 1. The Bertz CT molecular complexity index is 698. The van der Waals surface area contributed by atoms with Crippen LogP contribution in [0.15, 0.2) is 48.8 Å². The Kier molecular flexibility index (Phi) is 4.98. The van der Waals surface area contributed by atoms with Gasteiger partial charge in [-0.1, -0.05) is 12.1 Å².